The minimum Gasteiger partial charge on any atom is -0.496 e. The average molecular weight is 291 g/mol. The van der Waals surface area contributed by atoms with Gasteiger partial charge in [0.25, 0.3) is 0 Å². The molecule has 1 aliphatic heterocycles. The first-order chi connectivity index (χ1) is 10.3. The quantitative estimate of drug-likeness (QED) is 0.778. The number of methoxy groups -OCH3 is 1. The Labute approximate surface area is 125 Å². The van der Waals surface area contributed by atoms with Crippen LogP contribution in [0.2, 0.25) is 0 Å². The summed E-state index contributed by atoms with van der Waals surface area (Å²) in [5, 5.41) is 18.2. The molecule has 2 rings (SSSR count). The maximum Gasteiger partial charge on any atom is 0.123 e. The maximum absolute atomic E-state index is 9.43. The summed E-state index contributed by atoms with van der Waals surface area (Å²) >= 11 is 0. The van der Waals surface area contributed by atoms with Crippen LogP contribution in [0, 0.1) is 11.8 Å². The highest BCUT2D eigenvalue weighted by Gasteiger charge is 2.23. The van der Waals surface area contributed by atoms with Crippen LogP contribution in [0.5, 0.6) is 5.75 Å². The standard InChI is InChI=1S/C16H21NO4/c1-20-16-5-4-13(3-2-7-18)9-14(16)10-17-6-8-21-12-15(17)11-19/h4-5,9,15,18-19H,6-8,10-12H2,1H3. The molecule has 0 saturated carbocycles. The van der Waals surface area contributed by atoms with Crippen LogP contribution in [0.4, 0.5) is 0 Å². The molecule has 114 valence electrons. The summed E-state index contributed by atoms with van der Waals surface area (Å²) in [5.74, 6) is 6.34. The van der Waals surface area contributed by atoms with Crippen molar-refractivity contribution in [2.45, 2.75) is 12.6 Å². The summed E-state index contributed by atoms with van der Waals surface area (Å²) in [7, 11) is 1.64. The molecule has 0 amide bonds. The van der Waals surface area contributed by atoms with Gasteiger partial charge in [-0.05, 0) is 18.2 Å². The van der Waals surface area contributed by atoms with Crippen molar-refractivity contribution in [3.05, 3.63) is 29.3 Å². The monoisotopic (exact) mass is 291 g/mol. The number of rotatable bonds is 4. The SMILES string of the molecule is COc1ccc(C#CCO)cc1CN1CCOCC1CO. The zero-order valence-electron chi connectivity index (χ0n) is 12.2. The lowest BCUT2D eigenvalue weighted by atomic mass is 10.1. The van der Waals surface area contributed by atoms with Gasteiger partial charge in [-0.2, -0.15) is 0 Å². The zero-order chi connectivity index (χ0) is 15.1. The Morgan fingerprint density at radius 3 is 3.00 bits per heavy atom. The van der Waals surface area contributed by atoms with Crippen molar-refractivity contribution in [2.24, 2.45) is 0 Å². The number of hydrogen-bond donors (Lipinski definition) is 2. The van der Waals surface area contributed by atoms with E-state index in [1.54, 1.807) is 7.11 Å². The molecule has 1 aliphatic rings. The molecule has 1 atom stereocenters. The predicted molar refractivity (Wildman–Crippen MR) is 79.1 cm³/mol. The highest BCUT2D eigenvalue weighted by molar-refractivity contribution is 5.44. The highest BCUT2D eigenvalue weighted by atomic mass is 16.5. The number of aliphatic hydroxyl groups excluding tert-OH is 2. The topological polar surface area (TPSA) is 62.2 Å². The molecule has 21 heavy (non-hydrogen) atoms. The normalized spacial score (nSPS) is 18.9. The van der Waals surface area contributed by atoms with Gasteiger partial charge in [0.2, 0.25) is 0 Å². The van der Waals surface area contributed by atoms with Gasteiger partial charge in [-0.1, -0.05) is 11.8 Å². The van der Waals surface area contributed by atoms with Crippen molar-refractivity contribution in [1.29, 1.82) is 0 Å². The summed E-state index contributed by atoms with van der Waals surface area (Å²) in [6, 6.07) is 5.72. The van der Waals surface area contributed by atoms with Gasteiger partial charge in [0.1, 0.15) is 12.4 Å². The van der Waals surface area contributed by atoms with Gasteiger partial charge in [-0.3, -0.25) is 4.90 Å². The van der Waals surface area contributed by atoms with Crippen LogP contribution in [0.25, 0.3) is 0 Å². The molecule has 5 nitrogen and oxygen atoms in total. The number of ether oxygens (including phenoxy) is 2. The van der Waals surface area contributed by atoms with E-state index in [9.17, 15) is 5.11 Å². The Morgan fingerprint density at radius 1 is 1.43 bits per heavy atom. The lowest BCUT2D eigenvalue weighted by Crippen LogP contribution is -2.46. The van der Waals surface area contributed by atoms with Crippen LogP contribution in [-0.4, -0.2) is 61.2 Å². The van der Waals surface area contributed by atoms with E-state index < -0.39 is 0 Å². The van der Waals surface area contributed by atoms with Gasteiger partial charge in [0.05, 0.1) is 33.0 Å². The lowest BCUT2D eigenvalue weighted by Gasteiger charge is -2.34. The zero-order valence-corrected chi connectivity index (χ0v) is 12.2. The number of aliphatic hydroxyl groups is 2. The second kappa shape index (κ2) is 8.01. The molecule has 1 aromatic rings. The fourth-order valence-electron chi connectivity index (χ4n) is 2.41. The summed E-state index contributed by atoms with van der Waals surface area (Å²) in [4.78, 5) is 2.19. The predicted octanol–water partition coefficient (Wildman–Crippen LogP) is 0.232. The third kappa shape index (κ3) is 4.19. The van der Waals surface area contributed by atoms with Crippen molar-refractivity contribution in [1.82, 2.24) is 4.90 Å². The van der Waals surface area contributed by atoms with Crippen molar-refractivity contribution < 1.29 is 19.7 Å². The van der Waals surface area contributed by atoms with Gasteiger partial charge in [-0.15, -0.1) is 0 Å². The van der Waals surface area contributed by atoms with Crippen molar-refractivity contribution in [2.75, 3.05) is 40.1 Å². The molecule has 1 unspecified atom stereocenters. The fourth-order valence-corrected chi connectivity index (χ4v) is 2.41. The molecule has 1 heterocycles. The van der Waals surface area contributed by atoms with Crippen LogP contribution < -0.4 is 4.74 Å². The van der Waals surface area contributed by atoms with Gasteiger partial charge >= 0.3 is 0 Å². The molecule has 0 spiro atoms. The van der Waals surface area contributed by atoms with E-state index >= 15 is 0 Å². The Hall–Kier alpha value is -1.58. The average Bonchev–Trinajstić information content (AvgIpc) is 2.53. The minimum absolute atomic E-state index is 0.00985. The number of benzene rings is 1. The highest BCUT2D eigenvalue weighted by Crippen LogP contribution is 2.23. The Kier molecular flexibility index (Phi) is 6.03. The molecule has 2 N–H and O–H groups in total. The van der Waals surface area contributed by atoms with Crippen molar-refractivity contribution in [3.8, 4) is 17.6 Å². The first kappa shape index (κ1) is 15.8. The molecule has 1 aromatic carbocycles. The van der Waals surface area contributed by atoms with Gasteiger partial charge in [0.15, 0.2) is 0 Å². The van der Waals surface area contributed by atoms with Gasteiger partial charge < -0.3 is 19.7 Å². The molecule has 5 heteroatoms. The van der Waals surface area contributed by atoms with Gasteiger partial charge in [0, 0.05) is 24.2 Å². The number of nitrogens with zero attached hydrogens (tertiary/aromatic N) is 1. The van der Waals surface area contributed by atoms with Crippen LogP contribution in [0.15, 0.2) is 18.2 Å². The maximum atomic E-state index is 9.43. The molecule has 0 radical (unpaired) electrons. The van der Waals surface area contributed by atoms with E-state index in [0.29, 0.717) is 19.8 Å². The first-order valence-electron chi connectivity index (χ1n) is 6.97. The minimum atomic E-state index is -0.155. The van der Waals surface area contributed by atoms with Crippen LogP contribution in [0.3, 0.4) is 0 Å². The molecule has 1 fully saturated rings. The van der Waals surface area contributed by atoms with Gasteiger partial charge in [-0.25, -0.2) is 0 Å². The first-order valence-corrected chi connectivity index (χ1v) is 6.97. The van der Waals surface area contributed by atoms with E-state index in [1.807, 2.05) is 18.2 Å². The number of hydrogen-bond acceptors (Lipinski definition) is 5. The summed E-state index contributed by atoms with van der Waals surface area (Å²) in [6.07, 6.45) is 0. The fraction of sp³-hybridized carbons (Fsp3) is 0.500. The molecular weight excluding hydrogens is 270 g/mol. The molecule has 1 saturated heterocycles. The van der Waals surface area contributed by atoms with Crippen LogP contribution >= 0.6 is 0 Å². The number of morpholine rings is 1. The van der Waals surface area contributed by atoms with Crippen LogP contribution in [0.1, 0.15) is 11.1 Å². The smallest absolute Gasteiger partial charge is 0.123 e. The molecule has 0 aliphatic carbocycles. The Bertz CT molecular complexity index is 521. The Morgan fingerprint density at radius 2 is 2.29 bits per heavy atom. The summed E-state index contributed by atoms with van der Waals surface area (Å²) in [6.45, 7) is 2.59. The second-order valence-corrected chi connectivity index (χ2v) is 4.87. The molecule has 0 aromatic heterocycles. The molecular formula is C16H21NO4. The van der Waals surface area contributed by atoms with E-state index in [0.717, 1.165) is 23.4 Å². The van der Waals surface area contributed by atoms with Crippen molar-refractivity contribution in [3.63, 3.8) is 0 Å². The van der Waals surface area contributed by atoms with E-state index in [-0.39, 0.29) is 19.3 Å². The van der Waals surface area contributed by atoms with E-state index in [4.69, 9.17) is 14.6 Å². The largest absolute Gasteiger partial charge is 0.496 e. The Balaban J connectivity index is 2.19. The summed E-state index contributed by atoms with van der Waals surface area (Å²) in [5.41, 5.74) is 1.86. The van der Waals surface area contributed by atoms with E-state index in [2.05, 4.69) is 16.7 Å². The molecule has 0 bridgehead atoms. The third-order valence-corrected chi connectivity index (χ3v) is 3.53. The lowest BCUT2D eigenvalue weighted by molar-refractivity contribution is -0.0314. The third-order valence-electron chi connectivity index (χ3n) is 3.53. The van der Waals surface area contributed by atoms with Crippen molar-refractivity contribution >= 4 is 0 Å². The summed E-state index contributed by atoms with van der Waals surface area (Å²) < 4.78 is 10.8. The second-order valence-electron chi connectivity index (χ2n) is 4.87. The van der Waals surface area contributed by atoms with E-state index in [1.165, 1.54) is 0 Å². The van der Waals surface area contributed by atoms with Crippen LogP contribution in [-0.2, 0) is 11.3 Å².